The number of piperidine rings is 1. The molecule has 2 rings (SSSR count). The normalized spacial score (nSPS) is 27.2. The van der Waals surface area contributed by atoms with Crippen molar-refractivity contribution < 1.29 is 0 Å². The van der Waals surface area contributed by atoms with Gasteiger partial charge in [-0.25, -0.2) is 0 Å². The lowest BCUT2D eigenvalue weighted by Gasteiger charge is -2.28. The Labute approximate surface area is 117 Å². The maximum absolute atomic E-state index is 5.28. The van der Waals surface area contributed by atoms with Gasteiger partial charge in [-0.1, -0.05) is 62.9 Å². The van der Waals surface area contributed by atoms with Crippen LogP contribution in [0.15, 0.2) is 35.5 Å². The molecule has 2 unspecified atom stereocenters. The number of hydrogen-bond acceptors (Lipinski definition) is 1. The first-order valence-electron chi connectivity index (χ1n) is 7.02. The van der Waals surface area contributed by atoms with E-state index in [2.05, 4.69) is 43.5 Å². The molecule has 0 aromatic heterocycles. The predicted molar refractivity (Wildman–Crippen MR) is 84.9 cm³/mol. The molecular weight excluding hydrogens is 238 g/mol. The van der Waals surface area contributed by atoms with Crippen molar-refractivity contribution >= 4 is 17.2 Å². The Balaban J connectivity index is 0.000000771. The van der Waals surface area contributed by atoms with Crippen LogP contribution in [0.2, 0.25) is 0 Å². The summed E-state index contributed by atoms with van der Waals surface area (Å²) in [7, 11) is 0. The molecule has 1 N–H and O–H groups in total. The van der Waals surface area contributed by atoms with Gasteiger partial charge in [-0.2, -0.15) is 0 Å². The van der Waals surface area contributed by atoms with Crippen LogP contribution in [-0.4, -0.2) is 11.0 Å². The summed E-state index contributed by atoms with van der Waals surface area (Å²) in [5.74, 6) is 0.541. The van der Waals surface area contributed by atoms with Gasteiger partial charge in [0.15, 0.2) is 0 Å². The second-order valence-corrected chi connectivity index (χ2v) is 5.16. The van der Waals surface area contributed by atoms with Crippen LogP contribution in [0.5, 0.6) is 0 Å². The largest absolute Gasteiger partial charge is 0.373 e. The van der Waals surface area contributed by atoms with Crippen molar-refractivity contribution in [2.45, 2.75) is 53.0 Å². The molecule has 18 heavy (non-hydrogen) atoms. The minimum Gasteiger partial charge on any atom is -0.373 e. The summed E-state index contributed by atoms with van der Waals surface area (Å²) in [6.45, 7) is 8.33. The molecule has 100 valence electrons. The topological polar surface area (TPSA) is 12.0 Å². The van der Waals surface area contributed by atoms with Crippen molar-refractivity contribution in [3.63, 3.8) is 0 Å². The van der Waals surface area contributed by atoms with E-state index in [9.17, 15) is 0 Å². The van der Waals surface area contributed by atoms with Crippen LogP contribution in [-0.2, 0) is 0 Å². The molecule has 1 heterocycles. The van der Waals surface area contributed by atoms with Crippen molar-refractivity contribution in [1.29, 1.82) is 0 Å². The van der Waals surface area contributed by atoms with E-state index in [0.717, 1.165) is 24.3 Å². The van der Waals surface area contributed by atoms with Crippen LogP contribution in [0, 0.1) is 5.92 Å². The summed E-state index contributed by atoms with van der Waals surface area (Å²) in [5, 5.41) is 3.46. The van der Waals surface area contributed by atoms with Crippen LogP contribution in [0.3, 0.4) is 0 Å². The standard InChI is InChI=1S/C14H19NS.C2H6/c1-3-4-11-7-10(2)8-12-5-6-14(16)15-13(12)9-11;1-2/h3-4,7-8,10,13H,5-6,9H2,1-2H3,(H,15,16);1-2H3/b4-3-;. The number of thiocarbonyl (C=S) groups is 1. The number of hydrogen-bond donors (Lipinski definition) is 1. The highest BCUT2D eigenvalue weighted by Gasteiger charge is 2.23. The molecule has 2 aliphatic rings. The van der Waals surface area contributed by atoms with Crippen molar-refractivity contribution in [2.24, 2.45) is 5.92 Å². The zero-order valence-electron chi connectivity index (χ0n) is 12.0. The minimum absolute atomic E-state index is 0.439. The van der Waals surface area contributed by atoms with Gasteiger partial charge in [-0.15, -0.1) is 0 Å². The molecule has 2 atom stereocenters. The third-order valence-corrected chi connectivity index (χ3v) is 3.52. The van der Waals surface area contributed by atoms with Gasteiger partial charge in [-0.05, 0) is 31.3 Å². The van der Waals surface area contributed by atoms with E-state index in [0.29, 0.717) is 12.0 Å². The van der Waals surface area contributed by atoms with E-state index in [4.69, 9.17) is 12.2 Å². The Morgan fingerprint density at radius 3 is 2.67 bits per heavy atom. The third-order valence-electron chi connectivity index (χ3n) is 3.20. The van der Waals surface area contributed by atoms with Crippen molar-refractivity contribution in [2.75, 3.05) is 0 Å². The fraction of sp³-hybridized carbons (Fsp3) is 0.562. The van der Waals surface area contributed by atoms with Crippen LogP contribution in [0.1, 0.15) is 47.0 Å². The molecule has 0 spiro atoms. The molecule has 0 aromatic rings. The van der Waals surface area contributed by atoms with Crippen molar-refractivity contribution in [3.8, 4) is 0 Å². The lowest BCUT2D eigenvalue weighted by atomic mass is 9.93. The Kier molecular flexibility index (Phi) is 6.34. The molecule has 0 aromatic carbocycles. The van der Waals surface area contributed by atoms with Crippen molar-refractivity contribution in [1.82, 2.24) is 5.32 Å². The van der Waals surface area contributed by atoms with E-state index in [1.54, 1.807) is 0 Å². The van der Waals surface area contributed by atoms with Gasteiger partial charge in [0.2, 0.25) is 0 Å². The Morgan fingerprint density at radius 2 is 2.00 bits per heavy atom. The number of nitrogens with one attached hydrogen (secondary N) is 1. The van der Waals surface area contributed by atoms with E-state index in [1.807, 2.05) is 13.8 Å². The fourth-order valence-corrected chi connectivity index (χ4v) is 2.78. The lowest BCUT2D eigenvalue weighted by Crippen LogP contribution is -2.39. The highest BCUT2D eigenvalue weighted by molar-refractivity contribution is 7.80. The third kappa shape index (κ3) is 4.09. The van der Waals surface area contributed by atoms with Gasteiger partial charge in [0.25, 0.3) is 0 Å². The Hall–Kier alpha value is -0.890. The summed E-state index contributed by atoms with van der Waals surface area (Å²) >= 11 is 5.28. The van der Waals surface area contributed by atoms with Gasteiger partial charge in [0, 0.05) is 6.42 Å². The molecule has 0 radical (unpaired) electrons. The van der Waals surface area contributed by atoms with Gasteiger partial charge < -0.3 is 5.32 Å². The van der Waals surface area contributed by atoms with Gasteiger partial charge >= 0.3 is 0 Å². The van der Waals surface area contributed by atoms with E-state index in [1.165, 1.54) is 11.1 Å². The first-order valence-corrected chi connectivity index (χ1v) is 7.43. The summed E-state index contributed by atoms with van der Waals surface area (Å²) in [6, 6.07) is 0.439. The molecule has 1 fully saturated rings. The number of rotatable bonds is 1. The van der Waals surface area contributed by atoms with Gasteiger partial charge in [0.05, 0.1) is 11.0 Å². The SMILES string of the molecule is C/C=C\C1=CC(C)C=C2CCC(=S)NC2C1.CC. The zero-order chi connectivity index (χ0) is 13.5. The molecular formula is C16H25NS. The predicted octanol–water partition coefficient (Wildman–Crippen LogP) is 4.56. The molecule has 1 aliphatic heterocycles. The summed E-state index contributed by atoms with van der Waals surface area (Å²) < 4.78 is 0. The second-order valence-electron chi connectivity index (χ2n) is 4.67. The quantitative estimate of drug-likeness (QED) is 0.550. The monoisotopic (exact) mass is 263 g/mol. The molecule has 2 heteroatoms. The van der Waals surface area contributed by atoms with E-state index >= 15 is 0 Å². The lowest BCUT2D eigenvalue weighted by molar-refractivity contribution is 0.627. The molecule has 0 saturated carbocycles. The van der Waals surface area contributed by atoms with Gasteiger partial charge in [-0.3, -0.25) is 0 Å². The average molecular weight is 263 g/mol. The van der Waals surface area contributed by atoms with E-state index in [-0.39, 0.29) is 0 Å². The highest BCUT2D eigenvalue weighted by Crippen LogP contribution is 2.28. The fourth-order valence-electron chi connectivity index (χ4n) is 2.54. The second kappa shape index (κ2) is 7.52. The Bertz CT molecular complexity index is 377. The Morgan fingerprint density at radius 1 is 1.28 bits per heavy atom. The maximum atomic E-state index is 5.28. The highest BCUT2D eigenvalue weighted by atomic mass is 32.1. The van der Waals surface area contributed by atoms with Crippen LogP contribution in [0.25, 0.3) is 0 Å². The average Bonchev–Trinajstić information content (AvgIpc) is 2.49. The van der Waals surface area contributed by atoms with Crippen LogP contribution >= 0.6 is 12.2 Å². The first-order chi connectivity index (χ1) is 8.69. The molecule has 0 bridgehead atoms. The molecule has 1 aliphatic carbocycles. The summed E-state index contributed by atoms with van der Waals surface area (Å²) in [4.78, 5) is 1.02. The van der Waals surface area contributed by atoms with Crippen LogP contribution in [0.4, 0.5) is 0 Å². The van der Waals surface area contributed by atoms with Crippen molar-refractivity contribution in [3.05, 3.63) is 35.5 Å². The zero-order valence-corrected chi connectivity index (χ0v) is 12.8. The molecule has 0 amide bonds. The van der Waals surface area contributed by atoms with E-state index < -0.39 is 0 Å². The number of fused-ring (bicyclic) bond motifs is 1. The maximum Gasteiger partial charge on any atom is 0.0761 e. The smallest absolute Gasteiger partial charge is 0.0761 e. The summed E-state index contributed by atoms with van der Waals surface area (Å²) in [6.07, 6.45) is 12.3. The first kappa shape index (κ1) is 15.2. The number of allylic oxidation sites excluding steroid dienone is 4. The van der Waals surface area contributed by atoms with Crippen LogP contribution < -0.4 is 5.32 Å². The summed E-state index contributed by atoms with van der Waals surface area (Å²) in [5.41, 5.74) is 2.96. The van der Waals surface area contributed by atoms with Gasteiger partial charge in [0.1, 0.15) is 0 Å². The molecule has 1 saturated heterocycles. The molecule has 1 nitrogen and oxygen atoms in total. The minimum atomic E-state index is 0.439.